The van der Waals surface area contributed by atoms with Crippen molar-refractivity contribution in [3.05, 3.63) is 47.5 Å². The molecule has 0 atom stereocenters. The summed E-state index contributed by atoms with van der Waals surface area (Å²) < 4.78 is 27.0. The molecule has 0 aliphatic rings. The standard InChI is InChI=1S/C13H12N4O2S/c1-9-5-6-11(10(2)16-9)17-20(18,19)13-4-3-7-15-12(13)8-14/h3-7,17H,1-2H3. The summed E-state index contributed by atoms with van der Waals surface area (Å²) in [7, 11) is -3.87. The molecule has 2 rings (SSSR count). The zero-order valence-corrected chi connectivity index (χ0v) is 11.8. The van der Waals surface area contributed by atoms with Gasteiger partial charge >= 0.3 is 0 Å². The van der Waals surface area contributed by atoms with Crippen LogP contribution in [0.2, 0.25) is 0 Å². The van der Waals surface area contributed by atoms with Crippen LogP contribution in [0.15, 0.2) is 35.4 Å². The average molecular weight is 288 g/mol. The lowest BCUT2D eigenvalue weighted by molar-refractivity contribution is 0.600. The summed E-state index contributed by atoms with van der Waals surface area (Å²) >= 11 is 0. The molecule has 2 aromatic rings. The van der Waals surface area contributed by atoms with Crippen molar-refractivity contribution in [2.24, 2.45) is 0 Å². The third-order valence-corrected chi connectivity index (χ3v) is 4.03. The highest BCUT2D eigenvalue weighted by Crippen LogP contribution is 2.20. The number of nitrogens with one attached hydrogen (secondary N) is 1. The number of rotatable bonds is 3. The van der Waals surface area contributed by atoms with Crippen LogP contribution < -0.4 is 4.72 Å². The van der Waals surface area contributed by atoms with Crippen LogP contribution in [0.5, 0.6) is 0 Å². The molecule has 6 nitrogen and oxygen atoms in total. The third-order valence-electron chi connectivity index (χ3n) is 2.64. The largest absolute Gasteiger partial charge is 0.278 e. The van der Waals surface area contributed by atoms with Crippen molar-refractivity contribution in [3.8, 4) is 6.07 Å². The monoisotopic (exact) mass is 288 g/mol. The summed E-state index contributed by atoms with van der Waals surface area (Å²) in [5.74, 6) is 0. The molecule has 0 unspecified atom stereocenters. The van der Waals surface area contributed by atoms with Gasteiger partial charge in [-0.25, -0.2) is 13.4 Å². The maximum Gasteiger partial charge on any atom is 0.264 e. The molecular formula is C13H12N4O2S. The minimum atomic E-state index is -3.87. The number of nitriles is 1. The molecule has 0 aromatic carbocycles. The minimum Gasteiger partial charge on any atom is -0.278 e. The molecule has 0 bridgehead atoms. The fourth-order valence-corrected chi connectivity index (χ4v) is 2.91. The molecule has 0 aliphatic carbocycles. The summed E-state index contributed by atoms with van der Waals surface area (Å²) in [5.41, 5.74) is 1.60. The van der Waals surface area contributed by atoms with E-state index < -0.39 is 10.0 Å². The Morgan fingerprint density at radius 2 is 2.00 bits per heavy atom. The lowest BCUT2D eigenvalue weighted by Crippen LogP contribution is -2.16. The second-order valence-electron chi connectivity index (χ2n) is 4.15. The summed E-state index contributed by atoms with van der Waals surface area (Å²) in [6, 6.07) is 7.92. The molecule has 1 N–H and O–H groups in total. The quantitative estimate of drug-likeness (QED) is 0.928. The highest BCUT2D eigenvalue weighted by atomic mass is 32.2. The van der Waals surface area contributed by atoms with Crippen LogP contribution >= 0.6 is 0 Å². The zero-order valence-electron chi connectivity index (χ0n) is 11.0. The Hall–Kier alpha value is -2.46. The van der Waals surface area contributed by atoms with Crippen LogP contribution in [0.1, 0.15) is 17.1 Å². The van der Waals surface area contributed by atoms with E-state index >= 15 is 0 Å². The van der Waals surface area contributed by atoms with Crippen LogP contribution in [-0.2, 0) is 10.0 Å². The normalized spacial score (nSPS) is 10.8. The van der Waals surface area contributed by atoms with Gasteiger partial charge in [-0.2, -0.15) is 5.26 Å². The van der Waals surface area contributed by atoms with E-state index in [1.807, 2.05) is 6.92 Å². The van der Waals surface area contributed by atoms with Crippen molar-refractivity contribution >= 4 is 15.7 Å². The van der Waals surface area contributed by atoms with Crippen molar-refractivity contribution in [2.75, 3.05) is 4.72 Å². The summed E-state index contributed by atoms with van der Waals surface area (Å²) in [6.45, 7) is 3.53. The Labute approximate surface area is 117 Å². The maximum atomic E-state index is 12.3. The van der Waals surface area contributed by atoms with Gasteiger partial charge in [0.1, 0.15) is 11.0 Å². The first kappa shape index (κ1) is 14.0. The maximum absolute atomic E-state index is 12.3. The number of hydrogen-bond donors (Lipinski definition) is 1. The van der Waals surface area contributed by atoms with Gasteiger partial charge in [-0.3, -0.25) is 9.71 Å². The van der Waals surface area contributed by atoms with E-state index in [2.05, 4.69) is 14.7 Å². The van der Waals surface area contributed by atoms with Gasteiger partial charge < -0.3 is 0 Å². The summed E-state index contributed by atoms with van der Waals surface area (Å²) in [6.07, 6.45) is 1.37. The Kier molecular flexibility index (Phi) is 3.68. The van der Waals surface area contributed by atoms with Crippen LogP contribution in [0.4, 0.5) is 5.69 Å². The lowest BCUT2D eigenvalue weighted by atomic mass is 10.3. The fraction of sp³-hybridized carbons (Fsp3) is 0.154. The van der Waals surface area contributed by atoms with Gasteiger partial charge in [0.25, 0.3) is 10.0 Å². The van der Waals surface area contributed by atoms with Crippen molar-refractivity contribution in [1.29, 1.82) is 5.26 Å². The average Bonchev–Trinajstić information content (AvgIpc) is 2.42. The molecule has 2 heterocycles. The number of nitrogens with zero attached hydrogens (tertiary/aromatic N) is 3. The van der Waals surface area contributed by atoms with Crippen molar-refractivity contribution in [3.63, 3.8) is 0 Å². The number of sulfonamides is 1. The van der Waals surface area contributed by atoms with E-state index in [1.165, 1.54) is 18.3 Å². The van der Waals surface area contributed by atoms with Crippen LogP contribution in [-0.4, -0.2) is 18.4 Å². The van der Waals surface area contributed by atoms with Gasteiger partial charge in [0.05, 0.1) is 11.4 Å². The molecule has 7 heteroatoms. The van der Waals surface area contributed by atoms with E-state index in [-0.39, 0.29) is 10.6 Å². The van der Waals surface area contributed by atoms with E-state index in [0.717, 1.165) is 5.69 Å². The molecule has 102 valence electrons. The number of aromatic nitrogens is 2. The Morgan fingerprint density at radius 1 is 1.25 bits per heavy atom. The molecule has 0 spiro atoms. The molecule has 2 aromatic heterocycles. The number of hydrogen-bond acceptors (Lipinski definition) is 5. The molecule has 0 saturated carbocycles. The summed E-state index contributed by atoms with van der Waals surface area (Å²) in [5, 5.41) is 8.92. The fourth-order valence-electron chi connectivity index (χ4n) is 1.69. The van der Waals surface area contributed by atoms with Gasteiger partial charge in [-0.15, -0.1) is 0 Å². The van der Waals surface area contributed by atoms with Crippen molar-refractivity contribution in [1.82, 2.24) is 9.97 Å². The Balaban J connectivity index is 2.44. The molecule has 0 saturated heterocycles. The predicted octanol–water partition coefficient (Wildman–Crippen LogP) is 1.77. The van der Waals surface area contributed by atoms with Crippen LogP contribution in [0.3, 0.4) is 0 Å². The minimum absolute atomic E-state index is 0.141. The predicted molar refractivity (Wildman–Crippen MR) is 73.5 cm³/mol. The van der Waals surface area contributed by atoms with Gasteiger partial charge in [-0.05, 0) is 38.1 Å². The second-order valence-corrected chi connectivity index (χ2v) is 5.80. The first-order valence-corrected chi connectivity index (χ1v) is 7.24. The molecule has 20 heavy (non-hydrogen) atoms. The zero-order chi connectivity index (χ0) is 14.8. The number of anilines is 1. The van der Waals surface area contributed by atoms with Crippen LogP contribution in [0, 0.1) is 25.2 Å². The second kappa shape index (κ2) is 5.27. The van der Waals surface area contributed by atoms with E-state index in [1.54, 1.807) is 25.1 Å². The topological polar surface area (TPSA) is 95.7 Å². The third kappa shape index (κ3) is 2.75. The lowest BCUT2D eigenvalue weighted by Gasteiger charge is -2.10. The molecule has 0 radical (unpaired) electrons. The highest BCUT2D eigenvalue weighted by molar-refractivity contribution is 7.92. The molecule has 0 fully saturated rings. The Morgan fingerprint density at radius 3 is 2.65 bits per heavy atom. The van der Waals surface area contributed by atoms with Gasteiger partial charge in [0.2, 0.25) is 0 Å². The van der Waals surface area contributed by atoms with E-state index in [9.17, 15) is 8.42 Å². The van der Waals surface area contributed by atoms with E-state index in [4.69, 9.17) is 5.26 Å². The SMILES string of the molecule is Cc1ccc(NS(=O)(=O)c2cccnc2C#N)c(C)n1. The van der Waals surface area contributed by atoms with Gasteiger partial charge in [0.15, 0.2) is 5.69 Å². The van der Waals surface area contributed by atoms with Crippen molar-refractivity contribution < 1.29 is 8.42 Å². The van der Waals surface area contributed by atoms with Gasteiger partial charge in [-0.1, -0.05) is 0 Å². The van der Waals surface area contributed by atoms with Crippen molar-refractivity contribution in [2.45, 2.75) is 18.7 Å². The number of pyridine rings is 2. The molecular weight excluding hydrogens is 276 g/mol. The Bertz CT molecular complexity index is 794. The first-order valence-electron chi connectivity index (χ1n) is 5.76. The number of aryl methyl sites for hydroxylation is 2. The van der Waals surface area contributed by atoms with E-state index in [0.29, 0.717) is 11.4 Å². The highest BCUT2D eigenvalue weighted by Gasteiger charge is 2.20. The smallest absolute Gasteiger partial charge is 0.264 e. The van der Waals surface area contributed by atoms with Gasteiger partial charge in [0, 0.05) is 11.9 Å². The van der Waals surface area contributed by atoms with Crippen LogP contribution in [0.25, 0.3) is 0 Å². The molecule has 0 amide bonds. The summed E-state index contributed by atoms with van der Waals surface area (Å²) in [4.78, 5) is 7.78. The molecule has 0 aliphatic heterocycles. The first-order chi connectivity index (χ1) is 9.44.